The standard InChI is InChI=1S/C22H17FN2O2/c1-27-17-13-12-16(23)18(21(17)26)22-24-19(14-8-4-2-5-9-14)20(25-22)15-10-6-3-7-11-15/h2-13,26H,1H3,(H,24,25). The van der Waals surface area contributed by atoms with Crippen molar-refractivity contribution in [2.75, 3.05) is 7.11 Å². The highest BCUT2D eigenvalue weighted by atomic mass is 19.1. The summed E-state index contributed by atoms with van der Waals surface area (Å²) < 4.78 is 19.6. The van der Waals surface area contributed by atoms with Gasteiger partial charge in [-0.05, 0) is 12.1 Å². The van der Waals surface area contributed by atoms with Crippen molar-refractivity contribution in [2.45, 2.75) is 0 Å². The zero-order valence-electron chi connectivity index (χ0n) is 14.6. The van der Waals surface area contributed by atoms with Gasteiger partial charge in [-0.1, -0.05) is 60.7 Å². The van der Waals surface area contributed by atoms with Crippen molar-refractivity contribution in [3.05, 3.63) is 78.6 Å². The number of aromatic nitrogens is 2. The molecule has 1 aromatic heterocycles. The normalized spacial score (nSPS) is 10.7. The van der Waals surface area contributed by atoms with Crippen molar-refractivity contribution in [2.24, 2.45) is 0 Å². The van der Waals surface area contributed by atoms with Crippen LogP contribution in [0.5, 0.6) is 11.5 Å². The molecule has 4 nitrogen and oxygen atoms in total. The first kappa shape index (κ1) is 16.8. The van der Waals surface area contributed by atoms with Gasteiger partial charge in [0.1, 0.15) is 11.6 Å². The number of hydrogen-bond donors (Lipinski definition) is 2. The summed E-state index contributed by atoms with van der Waals surface area (Å²) in [6.07, 6.45) is 0. The maximum absolute atomic E-state index is 14.5. The Morgan fingerprint density at radius 2 is 1.52 bits per heavy atom. The van der Waals surface area contributed by atoms with Gasteiger partial charge >= 0.3 is 0 Å². The van der Waals surface area contributed by atoms with Crippen molar-refractivity contribution in [3.8, 4) is 45.4 Å². The Bertz CT molecular complexity index is 1020. The molecule has 1 heterocycles. The highest BCUT2D eigenvalue weighted by Crippen LogP contribution is 2.40. The molecule has 0 aliphatic carbocycles. The molecule has 0 saturated heterocycles. The largest absolute Gasteiger partial charge is 0.504 e. The molecular weight excluding hydrogens is 343 g/mol. The molecule has 4 aromatic rings. The van der Waals surface area contributed by atoms with Crippen molar-refractivity contribution in [3.63, 3.8) is 0 Å². The number of imidazole rings is 1. The zero-order chi connectivity index (χ0) is 18.8. The summed E-state index contributed by atoms with van der Waals surface area (Å²) in [4.78, 5) is 7.79. The number of phenols is 1. The average Bonchev–Trinajstić information content (AvgIpc) is 3.14. The minimum atomic E-state index is -0.582. The monoisotopic (exact) mass is 360 g/mol. The summed E-state index contributed by atoms with van der Waals surface area (Å²) in [5, 5.41) is 10.4. The number of hydrogen-bond acceptors (Lipinski definition) is 3. The minimum absolute atomic E-state index is 0.0197. The number of nitrogens with zero attached hydrogens (tertiary/aromatic N) is 1. The zero-order valence-corrected chi connectivity index (χ0v) is 14.6. The van der Waals surface area contributed by atoms with Gasteiger partial charge in [0.25, 0.3) is 0 Å². The van der Waals surface area contributed by atoms with Crippen LogP contribution in [0.1, 0.15) is 0 Å². The predicted octanol–water partition coefficient (Wildman–Crippen LogP) is 5.26. The summed E-state index contributed by atoms with van der Waals surface area (Å²) in [6, 6.07) is 21.9. The van der Waals surface area contributed by atoms with Crippen LogP contribution in [-0.2, 0) is 0 Å². The Morgan fingerprint density at radius 3 is 2.15 bits per heavy atom. The number of ether oxygens (including phenoxy) is 1. The van der Waals surface area contributed by atoms with E-state index in [1.165, 1.54) is 19.2 Å². The molecular formula is C22H17FN2O2. The Hall–Kier alpha value is -3.60. The lowest BCUT2D eigenvalue weighted by molar-refractivity contribution is 0.372. The molecule has 0 radical (unpaired) electrons. The summed E-state index contributed by atoms with van der Waals surface area (Å²) >= 11 is 0. The summed E-state index contributed by atoms with van der Waals surface area (Å²) in [7, 11) is 1.42. The van der Waals surface area contributed by atoms with Crippen molar-refractivity contribution < 1.29 is 14.2 Å². The van der Waals surface area contributed by atoms with Crippen LogP contribution < -0.4 is 4.74 Å². The van der Waals surface area contributed by atoms with Gasteiger partial charge in [0.2, 0.25) is 0 Å². The third-order valence-corrected chi connectivity index (χ3v) is 4.36. The van der Waals surface area contributed by atoms with E-state index in [1.807, 2.05) is 60.7 Å². The van der Waals surface area contributed by atoms with E-state index in [0.29, 0.717) is 5.69 Å². The molecule has 0 unspecified atom stereocenters. The van der Waals surface area contributed by atoms with E-state index in [-0.39, 0.29) is 22.9 Å². The number of halogens is 1. The Kier molecular flexibility index (Phi) is 4.34. The molecule has 0 atom stereocenters. The van der Waals surface area contributed by atoms with Gasteiger partial charge in [0, 0.05) is 11.1 Å². The molecule has 0 aliphatic rings. The van der Waals surface area contributed by atoms with E-state index >= 15 is 0 Å². The number of phenolic OH excluding ortho intramolecular Hbond substituents is 1. The van der Waals surface area contributed by atoms with Gasteiger partial charge in [-0.2, -0.15) is 0 Å². The molecule has 0 bridgehead atoms. The molecule has 27 heavy (non-hydrogen) atoms. The van der Waals surface area contributed by atoms with E-state index < -0.39 is 5.82 Å². The molecule has 5 heteroatoms. The molecule has 2 N–H and O–H groups in total. The van der Waals surface area contributed by atoms with Crippen LogP contribution in [0, 0.1) is 5.82 Å². The third kappa shape index (κ3) is 3.04. The van der Waals surface area contributed by atoms with Gasteiger partial charge in [0.15, 0.2) is 11.5 Å². The van der Waals surface area contributed by atoms with Crippen molar-refractivity contribution in [1.29, 1.82) is 0 Å². The van der Waals surface area contributed by atoms with Gasteiger partial charge in [-0.15, -0.1) is 0 Å². The molecule has 3 aromatic carbocycles. The second kappa shape index (κ2) is 6.96. The van der Waals surface area contributed by atoms with Gasteiger partial charge in [-0.3, -0.25) is 0 Å². The Morgan fingerprint density at radius 1 is 0.889 bits per heavy atom. The van der Waals surface area contributed by atoms with Gasteiger partial charge < -0.3 is 14.8 Å². The predicted molar refractivity (Wildman–Crippen MR) is 103 cm³/mol. The van der Waals surface area contributed by atoms with Crippen LogP contribution in [-0.4, -0.2) is 22.2 Å². The first-order valence-electron chi connectivity index (χ1n) is 8.45. The minimum Gasteiger partial charge on any atom is -0.504 e. The topological polar surface area (TPSA) is 58.1 Å². The van der Waals surface area contributed by atoms with Crippen LogP contribution in [0.2, 0.25) is 0 Å². The third-order valence-electron chi connectivity index (χ3n) is 4.36. The quantitative estimate of drug-likeness (QED) is 0.522. The number of rotatable bonds is 4. The van der Waals surface area contributed by atoms with Gasteiger partial charge in [0.05, 0.1) is 24.1 Å². The number of benzene rings is 3. The summed E-state index contributed by atoms with van der Waals surface area (Å²) in [5.41, 5.74) is 3.21. The maximum atomic E-state index is 14.5. The number of nitrogens with one attached hydrogen (secondary N) is 1. The molecule has 134 valence electrons. The molecule has 0 spiro atoms. The fourth-order valence-corrected chi connectivity index (χ4v) is 3.05. The van der Waals surface area contributed by atoms with E-state index in [4.69, 9.17) is 4.74 Å². The van der Waals surface area contributed by atoms with Crippen LogP contribution >= 0.6 is 0 Å². The number of aromatic amines is 1. The van der Waals surface area contributed by atoms with Crippen molar-refractivity contribution >= 4 is 0 Å². The SMILES string of the molecule is COc1ccc(F)c(-c2nc(-c3ccccc3)c(-c3ccccc3)[nH]2)c1O. The van der Waals surface area contributed by atoms with E-state index in [2.05, 4.69) is 9.97 Å². The Balaban J connectivity index is 1.96. The highest BCUT2D eigenvalue weighted by molar-refractivity contribution is 5.82. The van der Waals surface area contributed by atoms with Crippen molar-refractivity contribution in [1.82, 2.24) is 9.97 Å². The van der Waals surface area contributed by atoms with Crippen LogP contribution in [0.25, 0.3) is 33.9 Å². The number of aromatic hydroxyl groups is 1. The lowest BCUT2D eigenvalue weighted by Crippen LogP contribution is -1.92. The molecule has 0 aliphatic heterocycles. The molecule has 4 rings (SSSR count). The fraction of sp³-hybridized carbons (Fsp3) is 0.0455. The van der Waals surface area contributed by atoms with E-state index in [9.17, 15) is 9.50 Å². The second-order valence-corrected chi connectivity index (χ2v) is 6.01. The van der Waals surface area contributed by atoms with Gasteiger partial charge in [-0.25, -0.2) is 9.37 Å². The van der Waals surface area contributed by atoms with Crippen LogP contribution in [0.4, 0.5) is 4.39 Å². The lowest BCUT2D eigenvalue weighted by Gasteiger charge is -2.08. The maximum Gasteiger partial charge on any atom is 0.171 e. The van der Waals surface area contributed by atoms with Crippen LogP contribution in [0.3, 0.4) is 0 Å². The van der Waals surface area contributed by atoms with E-state index in [1.54, 1.807) is 0 Å². The average molecular weight is 360 g/mol. The Labute approximate surface area is 155 Å². The second-order valence-electron chi connectivity index (χ2n) is 6.01. The summed E-state index contributed by atoms with van der Waals surface area (Å²) in [5.74, 6) is -0.446. The van der Waals surface area contributed by atoms with E-state index in [0.717, 1.165) is 16.8 Å². The first-order chi connectivity index (χ1) is 13.2. The van der Waals surface area contributed by atoms with Crippen LogP contribution in [0.15, 0.2) is 72.8 Å². The first-order valence-corrected chi connectivity index (χ1v) is 8.45. The number of H-pyrrole nitrogens is 1. The fourth-order valence-electron chi connectivity index (χ4n) is 3.05. The smallest absolute Gasteiger partial charge is 0.171 e. The number of methoxy groups -OCH3 is 1. The summed E-state index contributed by atoms with van der Waals surface area (Å²) in [6.45, 7) is 0. The lowest BCUT2D eigenvalue weighted by atomic mass is 10.1. The molecule has 0 amide bonds. The molecule has 0 fully saturated rings. The highest BCUT2D eigenvalue weighted by Gasteiger charge is 2.21. The molecule has 0 saturated carbocycles.